The fourth-order valence-electron chi connectivity index (χ4n) is 4.75. The molecule has 1 atom stereocenters. The third kappa shape index (κ3) is 6.07. The van der Waals surface area contributed by atoms with Crippen LogP contribution in [-0.4, -0.2) is 31.2 Å². The molecule has 2 nitrogen and oxygen atoms in total. The van der Waals surface area contributed by atoms with Gasteiger partial charge in [-0.05, 0) is 68.2 Å². The van der Waals surface area contributed by atoms with Gasteiger partial charge in [0, 0.05) is 25.3 Å². The van der Waals surface area contributed by atoms with Crippen molar-refractivity contribution < 1.29 is 4.39 Å². The van der Waals surface area contributed by atoms with Gasteiger partial charge in [0.15, 0.2) is 0 Å². The van der Waals surface area contributed by atoms with Gasteiger partial charge in [-0.15, -0.1) is 0 Å². The Bertz CT molecular complexity index is 575. The van der Waals surface area contributed by atoms with Gasteiger partial charge < -0.3 is 4.90 Å². The molecule has 1 saturated heterocycles. The first-order valence-electron chi connectivity index (χ1n) is 10.8. The van der Waals surface area contributed by atoms with Crippen LogP contribution < -0.4 is 4.90 Å². The van der Waals surface area contributed by atoms with Crippen molar-refractivity contribution in [3.05, 3.63) is 42.2 Å². The van der Waals surface area contributed by atoms with Crippen LogP contribution >= 0.6 is 0 Å². The van der Waals surface area contributed by atoms with Crippen LogP contribution in [0.1, 0.15) is 66.2 Å². The van der Waals surface area contributed by atoms with Crippen LogP contribution in [0.5, 0.6) is 0 Å². The highest BCUT2D eigenvalue weighted by Gasteiger charge is 2.31. The molecule has 1 aliphatic heterocycles. The molecule has 0 aliphatic carbocycles. The highest BCUT2D eigenvalue weighted by molar-refractivity contribution is 5.46. The normalized spacial score (nSPS) is 16.7. The lowest BCUT2D eigenvalue weighted by atomic mass is 9.68. The molecular weight excluding hydrogens is 335 g/mol. The van der Waals surface area contributed by atoms with Gasteiger partial charge in [0.1, 0.15) is 5.82 Å². The molecule has 0 saturated carbocycles. The molecule has 1 heterocycles. The van der Waals surface area contributed by atoms with Gasteiger partial charge in [-0.25, -0.2) is 4.39 Å². The Labute approximate surface area is 166 Å². The first-order valence-corrected chi connectivity index (χ1v) is 10.8. The average molecular weight is 375 g/mol. The number of allylic oxidation sites excluding steroid dienone is 1. The summed E-state index contributed by atoms with van der Waals surface area (Å²) in [6.45, 7) is 17.8. The summed E-state index contributed by atoms with van der Waals surface area (Å²) in [4.78, 5) is 4.87. The lowest BCUT2D eigenvalue weighted by molar-refractivity contribution is 0.209. The number of hydrogen-bond donors (Lipinski definition) is 0. The minimum Gasteiger partial charge on any atom is -0.357 e. The second kappa shape index (κ2) is 10.3. The number of hydrogen-bond acceptors (Lipinski definition) is 2. The van der Waals surface area contributed by atoms with Gasteiger partial charge in [0.25, 0.3) is 0 Å². The molecule has 0 spiro atoms. The zero-order valence-corrected chi connectivity index (χ0v) is 17.9. The highest BCUT2D eigenvalue weighted by atomic mass is 19.1. The van der Waals surface area contributed by atoms with E-state index in [1.54, 1.807) is 12.1 Å². The molecule has 1 aliphatic rings. The molecule has 0 N–H and O–H groups in total. The molecule has 1 unspecified atom stereocenters. The van der Waals surface area contributed by atoms with E-state index in [-0.39, 0.29) is 5.82 Å². The van der Waals surface area contributed by atoms with E-state index in [1.165, 1.54) is 44.1 Å². The Balaban J connectivity index is 1.85. The molecular formula is C24H39FN2. The summed E-state index contributed by atoms with van der Waals surface area (Å²) in [5.41, 5.74) is 2.83. The first kappa shape index (κ1) is 21.9. The Morgan fingerprint density at radius 1 is 1.15 bits per heavy atom. The third-order valence-electron chi connectivity index (χ3n) is 6.29. The maximum Gasteiger partial charge on any atom is 0.123 e. The van der Waals surface area contributed by atoms with Crippen LogP contribution in [0.2, 0.25) is 0 Å². The van der Waals surface area contributed by atoms with Crippen LogP contribution in [0.25, 0.3) is 0 Å². The summed E-state index contributed by atoms with van der Waals surface area (Å²) in [7, 11) is 0. The molecule has 1 fully saturated rings. The van der Waals surface area contributed by atoms with Gasteiger partial charge in [-0.2, -0.15) is 0 Å². The zero-order valence-electron chi connectivity index (χ0n) is 17.9. The molecule has 0 bridgehead atoms. The Morgan fingerprint density at radius 3 is 2.33 bits per heavy atom. The van der Waals surface area contributed by atoms with Gasteiger partial charge in [0.2, 0.25) is 0 Å². The van der Waals surface area contributed by atoms with E-state index >= 15 is 0 Å². The zero-order chi connectivity index (χ0) is 19.9. The third-order valence-corrected chi connectivity index (χ3v) is 6.29. The summed E-state index contributed by atoms with van der Waals surface area (Å²) >= 11 is 0. The van der Waals surface area contributed by atoms with Gasteiger partial charge in [-0.1, -0.05) is 45.8 Å². The molecule has 0 amide bonds. The van der Waals surface area contributed by atoms with Gasteiger partial charge in [0.05, 0.1) is 6.67 Å². The number of rotatable bonds is 11. The average Bonchev–Trinajstić information content (AvgIpc) is 3.10. The van der Waals surface area contributed by atoms with E-state index in [0.717, 1.165) is 32.0 Å². The fraction of sp³-hybridized carbons (Fsp3) is 0.667. The quantitative estimate of drug-likeness (QED) is 0.409. The lowest BCUT2D eigenvalue weighted by Crippen LogP contribution is -2.29. The minimum atomic E-state index is -0.163. The molecule has 1 aromatic rings. The van der Waals surface area contributed by atoms with Crippen LogP contribution in [0.15, 0.2) is 36.4 Å². The van der Waals surface area contributed by atoms with Crippen molar-refractivity contribution in [3.8, 4) is 0 Å². The second-order valence-corrected chi connectivity index (χ2v) is 8.66. The van der Waals surface area contributed by atoms with Crippen molar-refractivity contribution in [2.24, 2.45) is 11.3 Å². The van der Waals surface area contributed by atoms with E-state index in [0.29, 0.717) is 11.3 Å². The monoisotopic (exact) mass is 374 g/mol. The first-order chi connectivity index (χ1) is 12.9. The molecule has 27 heavy (non-hydrogen) atoms. The van der Waals surface area contributed by atoms with Gasteiger partial charge >= 0.3 is 0 Å². The van der Waals surface area contributed by atoms with Gasteiger partial charge in [-0.3, -0.25) is 4.90 Å². The lowest BCUT2D eigenvalue weighted by Gasteiger charge is -2.37. The van der Waals surface area contributed by atoms with Crippen molar-refractivity contribution in [1.29, 1.82) is 0 Å². The summed E-state index contributed by atoms with van der Waals surface area (Å²) in [5, 5.41) is 0. The Hall–Kier alpha value is -1.35. The van der Waals surface area contributed by atoms with Crippen molar-refractivity contribution in [2.45, 2.75) is 66.2 Å². The molecule has 3 heteroatoms. The standard InChI is InChI=1S/C24H39FN2/c1-6-13-24(14-7-2,20(3)4)18-21(5)12-15-26-16-17-27(19-26)23-10-8-22(25)9-11-23/h8-11,21H,3,6-7,12-19H2,1-2,4-5H3. The van der Waals surface area contributed by atoms with E-state index in [4.69, 9.17) is 0 Å². The Morgan fingerprint density at radius 2 is 1.78 bits per heavy atom. The predicted octanol–water partition coefficient (Wildman–Crippen LogP) is 6.48. The van der Waals surface area contributed by atoms with Crippen molar-refractivity contribution in [3.63, 3.8) is 0 Å². The highest BCUT2D eigenvalue weighted by Crippen LogP contribution is 2.43. The number of benzene rings is 1. The summed E-state index contributed by atoms with van der Waals surface area (Å²) in [6.07, 6.45) is 7.50. The molecule has 0 radical (unpaired) electrons. The predicted molar refractivity (Wildman–Crippen MR) is 116 cm³/mol. The minimum absolute atomic E-state index is 0.163. The smallest absolute Gasteiger partial charge is 0.123 e. The maximum atomic E-state index is 13.1. The van der Waals surface area contributed by atoms with Crippen molar-refractivity contribution in [2.75, 3.05) is 31.2 Å². The van der Waals surface area contributed by atoms with Crippen LogP contribution in [0.3, 0.4) is 0 Å². The SMILES string of the molecule is C=C(C)C(CCC)(CCC)CC(C)CCN1CCN(c2ccc(F)cc2)C1. The number of anilines is 1. The molecule has 0 aromatic heterocycles. The van der Waals surface area contributed by atoms with Crippen molar-refractivity contribution >= 4 is 5.69 Å². The Kier molecular flexibility index (Phi) is 8.34. The molecule has 152 valence electrons. The van der Waals surface area contributed by atoms with E-state index < -0.39 is 0 Å². The van der Waals surface area contributed by atoms with E-state index in [1.807, 2.05) is 12.1 Å². The summed E-state index contributed by atoms with van der Waals surface area (Å²) < 4.78 is 13.1. The molecule has 1 aromatic carbocycles. The summed E-state index contributed by atoms with van der Waals surface area (Å²) in [5.74, 6) is 0.545. The number of nitrogens with zero attached hydrogens (tertiary/aromatic N) is 2. The van der Waals surface area contributed by atoms with Crippen molar-refractivity contribution in [1.82, 2.24) is 4.90 Å². The second-order valence-electron chi connectivity index (χ2n) is 8.66. The number of halogens is 1. The van der Waals surface area contributed by atoms with Crippen LogP contribution in [0.4, 0.5) is 10.1 Å². The fourth-order valence-corrected chi connectivity index (χ4v) is 4.75. The van der Waals surface area contributed by atoms with E-state index in [9.17, 15) is 4.39 Å². The molecule has 2 rings (SSSR count). The maximum absolute atomic E-state index is 13.1. The van der Waals surface area contributed by atoms with E-state index in [2.05, 4.69) is 44.1 Å². The van der Waals surface area contributed by atoms with Crippen LogP contribution in [0, 0.1) is 17.2 Å². The van der Waals surface area contributed by atoms with Crippen LogP contribution in [-0.2, 0) is 0 Å². The topological polar surface area (TPSA) is 6.48 Å². The summed E-state index contributed by atoms with van der Waals surface area (Å²) in [6, 6.07) is 6.88. The largest absolute Gasteiger partial charge is 0.357 e.